The molecule has 1 aromatic rings. The molecule has 1 rings (SSSR count). The molecule has 1 aromatic carbocycles. The van der Waals surface area contributed by atoms with Crippen molar-refractivity contribution in [2.75, 3.05) is 12.3 Å². The molecule has 0 bridgehead atoms. The smallest absolute Gasteiger partial charge is 0.253 e. The summed E-state index contributed by atoms with van der Waals surface area (Å²) in [6, 6.07) is 5.14. The summed E-state index contributed by atoms with van der Waals surface area (Å²) in [5.74, 6) is -0.199. The Bertz CT molecular complexity index is 396. The van der Waals surface area contributed by atoms with E-state index in [9.17, 15) is 4.79 Å². The van der Waals surface area contributed by atoms with E-state index in [2.05, 4.69) is 21.2 Å². The van der Waals surface area contributed by atoms with E-state index in [-0.39, 0.29) is 18.6 Å². The lowest BCUT2D eigenvalue weighted by Gasteiger charge is -2.16. The summed E-state index contributed by atoms with van der Waals surface area (Å²) in [5, 5.41) is 11.7. The van der Waals surface area contributed by atoms with E-state index in [1.54, 1.807) is 18.2 Å². The minimum Gasteiger partial charge on any atom is -0.398 e. The number of rotatable bonds is 5. The third-order valence-corrected chi connectivity index (χ3v) is 3.06. The zero-order chi connectivity index (χ0) is 12.8. The van der Waals surface area contributed by atoms with Crippen LogP contribution in [0.4, 0.5) is 5.69 Å². The maximum atomic E-state index is 11.9. The van der Waals surface area contributed by atoms with E-state index in [0.717, 1.165) is 10.9 Å². The van der Waals surface area contributed by atoms with E-state index in [1.807, 2.05) is 6.92 Å². The molecule has 94 valence electrons. The van der Waals surface area contributed by atoms with Gasteiger partial charge in [0.15, 0.2) is 0 Å². The first kappa shape index (κ1) is 14.0. The van der Waals surface area contributed by atoms with Crippen LogP contribution in [0.3, 0.4) is 0 Å². The van der Waals surface area contributed by atoms with E-state index in [4.69, 9.17) is 10.8 Å². The largest absolute Gasteiger partial charge is 0.398 e. The van der Waals surface area contributed by atoms with Gasteiger partial charge in [0.2, 0.25) is 0 Å². The van der Waals surface area contributed by atoms with Crippen molar-refractivity contribution in [3.05, 3.63) is 28.2 Å². The first-order valence-electron chi connectivity index (χ1n) is 5.55. The molecule has 0 aliphatic rings. The summed E-state index contributed by atoms with van der Waals surface area (Å²) in [6.45, 7) is 2.03. The molecule has 0 radical (unpaired) electrons. The topological polar surface area (TPSA) is 75.3 Å². The minimum absolute atomic E-state index is 0.0180. The number of carbonyl (C=O) groups is 1. The number of benzene rings is 1. The van der Waals surface area contributed by atoms with Crippen molar-refractivity contribution in [1.82, 2.24) is 5.32 Å². The molecule has 17 heavy (non-hydrogen) atoms. The van der Waals surface area contributed by atoms with Gasteiger partial charge in [-0.1, -0.05) is 22.9 Å². The van der Waals surface area contributed by atoms with Crippen LogP contribution in [0.15, 0.2) is 22.7 Å². The minimum atomic E-state index is -0.199. The Kier molecular flexibility index (Phi) is 5.44. The molecule has 4 nitrogen and oxygen atoms in total. The van der Waals surface area contributed by atoms with E-state index < -0.39 is 0 Å². The van der Waals surface area contributed by atoms with Crippen LogP contribution < -0.4 is 11.1 Å². The van der Waals surface area contributed by atoms with Crippen LogP contribution in [0.1, 0.15) is 30.1 Å². The Morgan fingerprint density at radius 2 is 2.29 bits per heavy atom. The van der Waals surface area contributed by atoms with Gasteiger partial charge in [0, 0.05) is 22.8 Å². The Labute approximate surface area is 109 Å². The van der Waals surface area contributed by atoms with Crippen molar-refractivity contribution < 1.29 is 9.90 Å². The Morgan fingerprint density at radius 1 is 1.59 bits per heavy atom. The number of nitrogens with one attached hydrogen (secondary N) is 1. The number of nitrogen functional groups attached to an aromatic ring is 1. The molecule has 0 saturated heterocycles. The fourth-order valence-electron chi connectivity index (χ4n) is 1.54. The summed E-state index contributed by atoms with van der Waals surface area (Å²) in [7, 11) is 0. The highest BCUT2D eigenvalue weighted by Gasteiger charge is 2.14. The van der Waals surface area contributed by atoms with Gasteiger partial charge in [0.1, 0.15) is 0 Å². The van der Waals surface area contributed by atoms with Crippen molar-refractivity contribution in [2.45, 2.75) is 25.8 Å². The molecule has 0 aliphatic carbocycles. The predicted octanol–water partition coefficient (Wildman–Crippen LogP) is 1.92. The highest BCUT2D eigenvalue weighted by Crippen LogP contribution is 2.18. The Morgan fingerprint density at radius 3 is 2.82 bits per heavy atom. The molecular weight excluding hydrogens is 284 g/mol. The third-order valence-electron chi connectivity index (χ3n) is 2.56. The molecule has 0 heterocycles. The number of amides is 1. The van der Waals surface area contributed by atoms with Gasteiger partial charge in [-0.15, -0.1) is 0 Å². The van der Waals surface area contributed by atoms with Gasteiger partial charge < -0.3 is 16.2 Å². The fourth-order valence-corrected chi connectivity index (χ4v) is 1.92. The quantitative estimate of drug-likeness (QED) is 0.727. The average molecular weight is 301 g/mol. The van der Waals surface area contributed by atoms with Crippen LogP contribution >= 0.6 is 15.9 Å². The normalized spacial score (nSPS) is 12.2. The molecule has 1 atom stereocenters. The highest BCUT2D eigenvalue weighted by molar-refractivity contribution is 9.10. The maximum Gasteiger partial charge on any atom is 0.253 e. The Balaban J connectivity index is 2.75. The van der Waals surface area contributed by atoms with Crippen LogP contribution in [0, 0.1) is 0 Å². The summed E-state index contributed by atoms with van der Waals surface area (Å²) in [5.41, 5.74) is 6.68. The first-order valence-corrected chi connectivity index (χ1v) is 6.34. The van der Waals surface area contributed by atoms with Crippen molar-refractivity contribution in [3.63, 3.8) is 0 Å². The van der Waals surface area contributed by atoms with Gasteiger partial charge in [0.05, 0.1) is 5.56 Å². The highest BCUT2D eigenvalue weighted by atomic mass is 79.9. The van der Waals surface area contributed by atoms with Gasteiger partial charge in [-0.3, -0.25) is 4.79 Å². The number of anilines is 1. The zero-order valence-electron chi connectivity index (χ0n) is 9.74. The third kappa shape index (κ3) is 4.02. The number of aliphatic hydroxyl groups excluding tert-OH is 1. The lowest BCUT2D eigenvalue weighted by molar-refractivity contribution is 0.0930. The van der Waals surface area contributed by atoms with Gasteiger partial charge in [-0.25, -0.2) is 0 Å². The van der Waals surface area contributed by atoms with Gasteiger partial charge in [-0.2, -0.15) is 0 Å². The summed E-state index contributed by atoms with van der Waals surface area (Å²) >= 11 is 3.29. The van der Waals surface area contributed by atoms with Gasteiger partial charge in [0.25, 0.3) is 5.91 Å². The zero-order valence-corrected chi connectivity index (χ0v) is 11.3. The number of halogens is 1. The second-order valence-electron chi connectivity index (χ2n) is 3.82. The van der Waals surface area contributed by atoms with Crippen LogP contribution in [-0.2, 0) is 0 Å². The molecule has 0 spiro atoms. The summed E-state index contributed by atoms with van der Waals surface area (Å²) in [4.78, 5) is 11.9. The van der Waals surface area contributed by atoms with Crippen LogP contribution in [0.25, 0.3) is 0 Å². The molecule has 0 saturated carbocycles. The molecule has 5 heteroatoms. The molecule has 0 aliphatic heterocycles. The standard InChI is InChI=1S/C12H17BrN2O2/c1-2-9(5-6-16)15-12(17)10-4-3-8(13)7-11(10)14/h3-4,7,9,16H,2,5-6,14H2,1H3,(H,15,17). The molecule has 0 fully saturated rings. The molecular formula is C12H17BrN2O2. The van der Waals surface area contributed by atoms with Crippen molar-refractivity contribution in [3.8, 4) is 0 Å². The fraction of sp³-hybridized carbons (Fsp3) is 0.417. The predicted molar refractivity (Wildman–Crippen MR) is 71.8 cm³/mol. The Hall–Kier alpha value is -1.07. The lowest BCUT2D eigenvalue weighted by Crippen LogP contribution is -2.35. The van der Waals surface area contributed by atoms with Crippen LogP contribution in [0.5, 0.6) is 0 Å². The van der Waals surface area contributed by atoms with Gasteiger partial charge >= 0.3 is 0 Å². The van der Waals surface area contributed by atoms with Crippen molar-refractivity contribution in [1.29, 1.82) is 0 Å². The molecule has 1 unspecified atom stereocenters. The average Bonchev–Trinajstić information content (AvgIpc) is 2.28. The molecule has 0 aromatic heterocycles. The van der Waals surface area contributed by atoms with E-state index in [0.29, 0.717) is 17.7 Å². The van der Waals surface area contributed by atoms with Crippen LogP contribution in [-0.4, -0.2) is 23.7 Å². The molecule has 4 N–H and O–H groups in total. The summed E-state index contributed by atoms with van der Waals surface area (Å²) in [6.07, 6.45) is 1.33. The number of hydrogen-bond acceptors (Lipinski definition) is 3. The number of hydrogen-bond donors (Lipinski definition) is 3. The first-order chi connectivity index (χ1) is 8.08. The van der Waals surface area contributed by atoms with Crippen molar-refractivity contribution >= 4 is 27.5 Å². The number of aliphatic hydroxyl groups is 1. The van der Waals surface area contributed by atoms with Crippen LogP contribution in [0.2, 0.25) is 0 Å². The maximum absolute atomic E-state index is 11.9. The number of carbonyl (C=O) groups excluding carboxylic acids is 1. The van der Waals surface area contributed by atoms with Gasteiger partial charge in [-0.05, 0) is 31.0 Å². The van der Waals surface area contributed by atoms with E-state index >= 15 is 0 Å². The monoisotopic (exact) mass is 300 g/mol. The lowest BCUT2D eigenvalue weighted by atomic mass is 10.1. The molecule has 1 amide bonds. The second-order valence-corrected chi connectivity index (χ2v) is 4.74. The number of nitrogens with two attached hydrogens (primary N) is 1. The van der Waals surface area contributed by atoms with E-state index in [1.165, 1.54) is 0 Å². The second kappa shape index (κ2) is 6.61. The summed E-state index contributed by atoms with van der Waals surface area (Å²) < 4.78 is 0.842. The SMILES string of the molecule is CCC(CCO)NC(=O)c1ccc(Br)cc1N. The van der Waals surface area contributed by atoms with Crippen molar-refractivity contribution in [2.24, 2.45) is 0 Å².